The molecule has 1 aliphatic carbocycles. The van der Waals surface area contributed by atoms with Gasteiger partial charge < -0.3 is 5.32 Å². The minimum Gasteiger partial charge on any atom is -0.355 e. The van der Waals surface area contributed by atoms with Gasteiger partial charge in [0.25, 0.3) is 0 Å². The highest BCUT2D eigenvalue weighted by Crippen LogP contribution is 2.40. The first-order chi connectivity index (χ1) is 8.27. The molecule has 0 radical (unpaired) electrons. The summed E-state index contributed by atoms with van der Waals surface area (Å²) in [6.45, 7) is 2.70. The Labute approximate surface area is 103 Å². The number of hydrogen-bond acceptors (Lipinski definition) is 1. The van der Waals surface area contributed by atoms with Crippen LogP contribution in [0.1, 0.15) is 44.6 Å². The predicted octanol–water partition coefficient (Wildman–Crippen LogP) is 3.02. The van der Waals surface area contributed by atoms with Gasteiger partial charge in [-0.25, -0.2) is 0 Å². The van der Waals surface area contributed by atoms with Crippen LogP contribution in [0.5, 0.6) is 0 Å². The van der Waals surface area contributed by atoms with E-state index >= 15 is 0 Å². The molecule has 0 aromatic heterocycles. The van der Waals surface area contributed by atoms with Gasteiger partial charge in [0.1, 0.15) is 0 Å². The molecule has 0 bridgehead atoms. The molecule has 1 aliphatic rings. The molecule has 17 heavy (non-hydrogen) atoms. The van der Waals surface area contributed by atoms with Gasteiger partial charge >= 0.3 is 0 Å². The number of rotatable bonds is 4. The SMILES string of the molecule is CCC(=O)NCC1(c2ccccc2)CCCC1. The predicted molar refractivity (Wildman–Crippen MR) is 69.9 cm³/mol. The van der Waals surface area contributed by atoms with Crippen molar-refractivity contribution in [3.05, 3.63) is 35.9 Å². The quantitative estimate of drug-likeness (QED) is 0.848. The van der Waals surface area contributed by atoms with Crippen LogP contribution < -0.4 is 5.32 Å². The Morgan fingerprint density at radius 1 is 1.24 bits per heavy atom. The van der Waals surface area contributed by atoms with Crippen LogP contribution >= 0.6 is 0 Å². The molecule has 0 saturated heterocycles. The first-order valence-corrected chi connectivity index (χ1v) is 6.59. The summed E-state index contributed by atoms with van der Waals surface area (Å²) in [5.41, 5.74) is 1.57. The van der Waals surface area contributed by atoms with Gasteiger partial charge in [-0.3, -0.25) is 4.79 Å². The Morgan fingerprint density at radius 2 is 1.88 bits per heavy atom. The second kappa shape index (κ2) is 5.35. The van der Waals surface area contributed by atoms with Crippen LogP contribution in [0, 0.1) is 0 Å². The summed E-state index contributed by atoms with van der Waals surface area (Å²) in [6, 6.07) is 10.6. The average Bonchev–Trinajstić information content (AvgIpc) is 2.87. The summed E-state index contributed by atoms with van der Waals surface area (Å²) in [6.07, 6.45) is 5.51. The van der Waals surface area contributed by atoms with Crippen molar-refractivity contribution in [3.63, 3.8) is 0 Å². The van der Waals surface area contributed by atoms with Crippen molar-refractivity contribution in [1.29, 1.82) is 0 Å². The smallest absolute Gasteiger partial charge is 0.219 e. The van der Waals surface area contributed by atoms with Crippen molar-refractivity contribution in [2.24, 2.45) is 0 Å². The zero-order valence-corrected chi connectivity index (χ0v) is 10.5. The number of carbonyl (C=O) groups is 1. The van der Waals surface area contributed by atoms with E-state index < -0.39 is 0 Å². The topological polar surface area (TPSA) is 29.1 Å². The molecule has 1 aromatic carbocycles. The van der Waals surface area contributed by atoms with Crippen molar-refractivity contribution in [1.82, 2.24) is 5.32 Å². The zero-order chi connectivity index (χ0) is 12.1. The Hall–Kier alpha value is -1.31. The Balaban J connectivity index is 2.13. The third-order valence-corrected chi connectivity index (χ3v) is 3.89. The lowest BCUT2D eigenvalue weighted by molar-refractivity contribution is -0.121. The van der Waals surface area contributed by atoms with Gasteiger partial charge in [-0.05, 0) is 18.4 Å². The van der Waals surface area contributed by atoms with E-state index in [1.54, 1.807) is 0 Å². The molecule has 1 aromatic rings. The van der Waals surface area contributed by atoms with Gasteiger partial charge in [0.05, 0.1) is 0 Å². The summed E-state index contributed by atoms with van der Waals surface area (Å²) in [7, 11) is 0. The standard InChI is InChI=1S/C15H21NO/c1-2-14(17)16-12-15(10-6-7-11-15)13-8-4-3-5-9-13/h3-5,8-9H,2,6-7,10-12H2,1H3,(H,16,17). The third kappa shape index (κ3) is 2.68. The van der Waals surface area contributed by atoms with E-state index in [2.05, 4.69) is 35.6 Å². The summed E-state index contributed by atoms with van der Waals surface area (Å²) < 4.78 is 0. The number of amides is 1. The molecule has 0 unspecified atom stereocenters. The monoisotopic (exact) mass is 231 g/mol. The van der Waals surface area contributed by atoms with Crippen LogP contribution in [0.15, 0.2) is 30.3 Å². The number of benzene rings is 1. The van der Waals surface area contributed by atoms with Crippen molar-refractivity contribution in [3.8, 4) is 0 Å². The van der Waals surface area contributed by atoms with E-state index in [4.69, 9.17) is 0 Å². The minimum atomic E-state index is 0.159. The van der Waals surface area contributed by atoms with Crippen LogP contribution in [-0.4, -0.2) is 12.5 Å². The first-order valence-electron chi connectivity index (χ1n) is 6.59. The highest BCUT2D eigenvalue weighted by molar-refractivity contribution is 5.75. The fraction of sp³-hybridized carbons (Fsp3) is 0.533. The molecule has 92 valence electrons. The highest BCUT2D eigenvalue weighted by Gasteiger charge is 2.35. The van der Waals surface area contributed by atoms with Crippen molar-refractivity contribution in [2.75, 3.05) is 6.54 Å². The van der Waals surface area contributed by atoms with Gasteiger partial charge in [0, 0.05) is 18.4 Å². The van der Waals surface area contributed by atoms with Crippen LogP contribution in [-0.2, 0) is 10.2 Å². The van der Waals surface area contributed by atoms with E-state index in [9.17, 15) is 4.79 Å². The molecular weight excluding hydrogens is 210 g/mol. The summed E-state index contributed by atoms with van der Waals surface area (Å²) in [4.78, 5) is 11.4. The van der Waals surface area contributed by atoms with Gasteiger partial charge in [-0.15, -0.1) is 0 Å². The molecule has 2 nitrogen and oxygen atoms in total. The Bertz CT molecular complexity index is 366. The van der Waals surface area contributed by atoms with Crippen molar-refractivity contribution < 1.29 is 4.79 Å². The maximum atomic E-state index is 11.4. The van der Waals surface area contributed by atoms with E-state index in [0.717, 1.165) is 6.54 Å². The summed E-state index contributed by atoms with van der Waals surface area (Å²) in [5.74, 6) is 0.159. The normalized spacial score (nSPS) is 17.9. The van der Waals surface area contributed by atoms with Crippen LogP contribution in [0.4, 0.5) is 0 Å². The van der Waals surface area contributed by atoms with Gasteiger partial charge in [0.2, 0.25) is 5.91 Å². The first kappa shape index (κ1) is 12.2. The highest BCUT2D eigenvalue weighted by atomic mass is 16.1. The summed E-state index contributed by atoms with van der Waals surface area (Å²) >= 11 is 0. The molecule has 0 aliphatic heterocycles. The number of nitrogens with one attached hydrogen (secondary N) is 1. The van der Waals surface area contributed by atoms with E-state index in [-0.39, 0.29) is 11.3 Å². The second-order valence-corrected chi connectivity index (χ2v) is 4.98. The fourth-order valence-corrected chi connectivity index (χ4v) is 2.80. The molecule has 1 saturated carbocycles. The summed E-state index contributed by atoms with van der Waals surface area (Å²) in [5, 5.41) is 3.07. The minimum absolute atomic E-state index is 0.159. The lowest BCUT2D eigenvalue weighted by Gasteiger charge is -2.30. The van der Waals surface area contributed by atoms with E-state index in [0.29, 0.717) is 6.42 Å². The molecular formula is C15H21NO. The van der Waals surface area contributed by atoms with E-state index in [1.807, 2.05) is 6.92 Å². The van der Waals surface area contributed by atoms with E-state index in [1.165, 1.54) is 31.2 Å². The maximum Gasteiger partial charge on any atom is 0.219 e. The third-order valence-electron chi connectivity index (χ3n) is 3.89. The molecule has 2 rings (SSSR count). The zero-order valence-electron chi connectivity index (χ0n) is 10.5. The molecule has 0 spiro atoms. The molecule has 1 fully saturated rings. The second-order valence-electron chi connectivity index (χ2n) is 4.98. The fourth-order valence-electron chi connectivity index (χ4n) is 2.80. The average molecular weight is 231 g/mol. The Morgan fingerprint density at radius 3 is 2.47 bits per heavy atom. The van der Waals surface area contributed by atoms with Gasteiger partial charge in [-0.2, -0.15) is 0 Å². The Kier molecular flexibility index (Phi) is 3.82. The largest absolute Gasteiger partial charge is 0.355 e. The van der Waals surface area contributed by atoms with Crippen LogP contribution in [0.25, 0.3) is 0 Å². The van der Waals surface area contributed by atoms with Crippen LogP contribution in [0.2, 0.25) is 0 Å². The molecule has 2 heteroatoms. The lowest BCUT2D eigenvalue weighted by Crippen LogP contribution is -2.38. The number of hydrogen-bond donors (Lipinski definition) is 1. The number of carbonyl (C=O) groups excluding carboxylic acids is 1. The van der Waals surface area contributed by atoms with Gasteiger partial charge in [-0.1, -0.05) is 50.1 Å². The maximum absolute atomic E-state index is 11.4. The van der Waals surface area contributed by atoms with Crippen molar-refractivity contribution in [2.45, 2.75) is 44.4 Å². The van der Waals surface area contributed by atoms with Gasteiger partial charge in [0.15, 0.2) is 0 Å². The lowest BCUT2D eigenvalue weighted by atomic mass is 9.79. The van der Waals surface area contributed by atoms with Crippen molar-refractivity contribution >= 4 is 5.91 Å². The molecule has 1 amide bonds. The molecule has 0 heterocycles. The van der Waals surface area contributed by atoms with Crippen LogP contribution in [0.3, 0.4) is 0 Å². The molecule has 1 N–H and O–H groups in total. The molecule has 0 atom stereocenters.